The monoisotopic (exact) mass is 286 g/mol. The van der Waals surface area contributed by atoms with Crippen molar-refractivity contribution in [1.82, 2.24) is 10.2 Å². The first-order chi connectivity index (χ1) is 8.02. The van der Waals surface area contributed by atoms with Crippen molar-refractivity contribution < 1.29 is 23.4 Å². The normalized spacial score (nSPS) is 30.9. The molecule has 8 heteroatoms. The van der Waals surface area contributed by atoms with E-state index in [2.05, 4.69) is 5.32 Å². The van der Waals surface area contributed by atoms with Gasteiger partial charge in [0.15, 0.2) is 0 Å². The maximum atomic E-state index is 13.0. The van der Waals surface area contributed by atoms with Crippen molar-refractivity contribution in [2.45, 2.75) is 24.5 Å². The maximum Gasteiger partial charge on any atom is 0.262 e. The molecule has 0 bridgehead atoms. The van der Waals surface area contributed by atoms with Gasteiger partial charge in [0, 0.05) is 19.5 Å². The highest BCUT2D eigenvalue weighted by atomic mass is 35.5. The highest BCUT2D eigenvalue weighted by Crippen LogP contribution is 2.26. The summed E-state index contributed by atoms with van der Waals surface area (Å²) >= 11 is 0. The smallest absolute Gasteiger partial charge is 0.262 e. The van der Waals surface area contributed by atoms with Crippen LogP contribution in [0.3, 0.4) is 0 Å². The Morgan fingerprint density at radius 1 is 1.56 bits per heavy atom. The van der Waals surface area contributed by atoms with Crippen LogP contribution in [0.15, 0.2) is 0 Å². The minimum absolute atomic E-state index is 0. The van der Waals surface area contributed by atoms with Gasteiger partial charge in [-0.25, -0.2) is 8.78 Å². The average Bonchev–Trinajstić information content (AvgIpc) is 2.69. The lowest BCUT2D eigenvalue weighted by Crippen LogP contribution is -2.52. The van der Waals surface area contributed by atoms with Gasteiger partial charge in [-0.15, -0.1) is 12.4 Å². The summed E-state index contributed by atoms with van der Waals surface area (Å²) in [5.74, 6) is -3.13. The van der Waals surface area contributed by atoms with Crippen LogP contribution in [0.4, 0.5) is 8.78 Å². The number of ether oxygens (including phenoxy) is 1. The summed E-state index contributed by atoms with van der Waals surface area (Å²) in [5.41, 5.74) is 0. The van der Waals surface area contributed by atoms with E-state index in [0.29, 0.717) is 13.2 Å². The van der Waals surface area contributed by atoms with Gasteiger partial charge in [0.25, 0.3) is 5.92 Å². The topological polar surface area (TPSA) is 61.8 Å². The van der Waals surface area contributed by atoms with Crippen LogP contribution in [0.1, 0.15) is 6.42 Å². The van der Waals surface area contributed by atoms with Gasteiger partial charge in [-0.3, -0.25) is 10.1 Å². The molecule has 2 rings (SSSR count). The fourth-order valence-electron chi connectivity index (χ4n) is 2.14. The molecule has 0 aliphatic carbocycles. The van der Waals surface area contributed by atoms with Gasteiger partial charge in [-0.05, 0) is 0 Å². The molecule has 2 aliphatic rings. The molecule has 2 aliphatic heterocycles. The van der Waals surface area contributed by atoms with Crippen LogP contribution in [0.5, 0.6) is 0 Å². The number of carbonyl (C=O) groups excluding carboxylic acids is 1. The maximum absolute atomic E-state index is 13.0. The molecule has 2 atom stereocenters. The minimum Gasteiger partial charge on any atom is -0.394 e. The number of rotatable bonds is 2. The first-order valence-electron chi connectivity index (χ1n) is 5.64. The number of halogens is 3. The van der Waals surface area contributed by atoms with Gasteiger partial charge in [0.1, 0.15) is 0 Å². The first-order valence-corrected chi connectivity index (χ1v) is 5.64. The number of hydrogen-bond acceptors (Lipinski definition) is 4. The third-order valence-electron chi connectivity index (χ3n) is 3.06. The van der Waals surface area contributed by atoms with Gasteiger partial charge >= 0.3 is 0 Å². The SMILES string of the molecule is Cl.O=C(C1CC(F)(F)CN1)N1CCOC(CO)C1. The molecule has 5 nitrogen and oxygen atoms in total. The zero-order valence-corrected chi connectivity index (χ0v) is 10.6. The lowest BCUT2D eigenvalue weighted by molar-refractivity contribution is -0.142. The molecular formula is C10H17ClF2N2O3. The van der Waals surface area contributed by atoms with Crippen molar-refractivity contribution >= 4 is 18.3 Å². The Morgan fingerprint density at radius 3 is 2.83 bits per heavy atom. The van der Waals surface area contributed by atoms with Crippen LogP contribution in [0.2, 0.25) is 0 Å². The van der Waals surface area contributed by atoms with Crippen molar-refractivity contribution in [2.75, 3.05) is 32.8 Å². The highest BCUT2D eigenvalue weighted by molar-refractivity contribution is 5.85. The van der Waals surface area contributed by atoms with E-state index in [0.717, 1.165) is 0 Å². The number of aliphatic hydroxyl groups excluding tert-OH is 1. The molecule has 0 spiro atoms. The number of hydrogen-bond donors (Lipinski definition) is 2. The van der Waals surface area contributed by atoms with Gasteiger partial charge in [-0.2, -0.15) is 0 Å². The molecule has 0 aromatic heterocycles. The second-order valence-electron chi connectivity index (χ2n) is 4.45. The first kappa shape index (κ1) is 15.6. The largest absolute Gasteiger partial charge is 0.394 e. The number of amides is 1. The van der Waals surface area contributed by atoms with Gasteiger partial charge in [0.2, 0.25) is 5.91 Å². The molecule has 0 radical (unpaired) electrons. The fraction of sp³-hybridized carbons (Fsp3) is 0.900. The summed E-state index contributed by atoms with van der Waals surface area (Å²) in [6.45, 7) is 0.369. The summed E-state index contributed by atoms with van der Waals surface area (Å²) in [6.07, 6.45) is -0.859. The Bertz CT molecular complexity index is 307. The highest BCUT2D eigenvalue weighted by Gasteiger charge is 2.44. The number of aliphatic hydroxyl groups is 1. The van der Waals surface area contributed by atoms with Crippen LogP contribution in [-0.2, 0) is 9.53 Å². The van der Waals surface area contributed by atoms with E-state index in [4.69, 9.17) is 9.84 Å². The van der Waals surface area contributed by atoms with E-state index in [-0.39, 0.29) is 31.5 Å². The molecule has 0 aromatic rings. The number of carbonyl (C=O) groups is 1. The molecule has 18 heavy (non-hydrogen) atoms. The van der Waals surface area contributed by atoms with Crippen LogP contribution in [0, 0.1) is 0 Å². The summed E-state index contributed by atoms with van der Waals surface area (Å²) in [4.78, 5) is 13.4. The summed E-state index contributed by atoms with van der Waals surface area (Å²) < 4.78 is 31.1. The zero-order chi connectivity index (χ0) is 12.5. The molecule has 2 heterocycles. The summed E-state index contributed by atoms with van der Waals surface area (Å²) in [5, 5.41) is 11.5. The molecule has 2 unspecified atom stereocenters. The molecule has 1 amide bonds. The van der Waals surface area contributed by atoms with Crippen LogP contribution in [-0.4, -0.2) is 66.8 Å². The predicted octanol–water partition coefficient (Wildman–Crippen LogP) is -0.375. The van der Waals surface area contributed by atoms with Gasteiger partial charge in [0.05, 0.1) is 31.9 Å². The molecule has 2 N–H and O–H groups in total. The lowest BCUT2D eigenvalue weighted by atomic mass is 10.1. The van der Waals surface area contributed by atoms with Crippen molar-refractivity contribution in [3.8, 4) is 0 Å². The predicted molar refractivity (Wildman–Crippen MR) is 62.0 cm³/mol. The molecule has 2 fully saturated rings. The van der Waals surface area contributed by atoms with E-state index in [1.54, 1.807) is 0 Å². The fourth-order valence-corrected chi connectivity index (χ4v) is 2.14. The second kappa shape index (κ2) is 6.10. The number of nitrogens with one attached hydrogen (secondary N) is 1. The Morgan fingerprint density at radius 2 is 2.28 bits per heavy atom. The Labute approximate surface area is 110 Å². The molecule has 0 saturated carbocycles. The number of alkyl halides is 2. The summed E-state index contributed by atoms with van der Waals surface area (Å²) in [7, 11) is 0. The molecule has 2 saturated heterocycles. The minimum atomic E-state index is -2.80. The van der Waals surface area contributed by atoms with E-state index in [1.165, 1.54) is 4.90 Å². The Hall–Kier alpha value is -0.500. The van der Waals surface area contributed by atoms with Crippen molar-refractivity contribution in [1.29, 1.82) is 0 Å². The van der Waals surface area contributed by atoms with Crippen LogP contribution < -0.4 is 5.32 Å². The Kier molecular flexibility index (Phi) is 5.27. The van der Waals surface area contributed by atoms with E-state index in [9.17, 15) is 13.6 Å². The summed E-state index contributed by atoms with van der Waals surface area (Å²) in [6, 6.07) is -0.817. The van der Waals surface area contributed by atoms with E-state index in [1.807, 2.05) is 0 Å². The second-order valence-corrected chi connectivity index (χ2v) is 4.45. The molecule has 106 valence electrons. The standard InChI is InChI=1S/C10H16F2N2O3.ClH/c11-10(12)3-8(13-6-10)9(16)14-1-2-17-7(4-14)5-15;/h7-8,13,15H,1-6H2;1H. The van der Waals surface area contributed by atoms with Crippen molar-refractivity contribution in [3.05, 3.63) is 0 Å². The number of nitrogens with zero attached hydrogens (tertiary/aromatic N) is 1. The third kappa shape index (κ3) is 3.50. The molecule has 0 aromatic carbocycles. The average molecular weight is 287 g/mol. The Balaban J connectivity index is 0.00000162. The molecular weight excluding hydrogens is 270 g/mol. The van der Waals surface area contributed by atoms with Crippen molar-refractivity contribution in [2.24, 2.45) is 0 Å². The number of morpholine rings is 1. The van der Waals surface area contributed by atoms with Gasteiger partial charge in [-0.1, -0.05) is 0 Å². The third-order valence-corrected chi connectivity index (χ3v) is 3.06. The van der Waals surface area contributed by atoms with Crippen LogP contribution in [0.25, 0.3) is 0 Å². The lowest BCUT2D eigenvalue weighted by Gasteiger charge is -2.33. The van der Waals surface area contributed by atoms with E-state index >= 15 is 0 Å². The quantitative estimate of drug-likeness (QED) is 0.727. The van der Waals surface area contributed by atoms with Crippen molar-refractivity contribution in [3.63, 3.8) is 0 Å². The van der Waals surface area contributed by atoms with E-state index < -0.39 is 31.0 Å². The van der Waals surface area contributed by atoms with Gasteiger partial charge < -0.3 is 14.7 Å². The van der Waals surface area contributed by atoms with Crippen LogP contribution >= 0.6 is 12.4 Å². The zero-order valence-electron chi connectivity index (χ0n) is 9.77.